The maximum absolute atomic E-state index is 5.54. The Hall–Kier alpha value is -3.19. The molecule has 34 heavy (non-hydrogen) atoms. The van der Waals surface area contributed by atoms with Crippen LogP contribution in [0.1, 0.15) is 31.2 Å². The van der Waals surface area contributed by atoms with Crippen LogP contribution in [0, 0.1) is 5.92 Å². The largest absolute Gasteiger partial charge is 0.493 e. The molecule has 5 rings (SSSR count). The first-order valence-electron chi connectivity index (χ1n) is 12.1. The van der Waals surface area contributed by atoms with Gasteiger partial charge in [-0.1, -0.05) is 18.2 Å². The lowest BCUT2D eigenvalue weighted by Crippen LogP contribution is -2.31. The molecule has 3 aromatic rings. The Balaban J connectivity index is 1.13. The molecule has 1 saturated carbocycles. The lowest BCUT2D eigenvalue weighted by molar-refractivity contribution is 0.171. The van der Waals surface area contributed by atoms with Crippen molar-refractivity contribution >= 4 is 22.4 Å². The van der Waals surface area contributed by atoms with Crippen LogP contribution >= 0.6 is 0 Å². The maximum atomic E-state index is 5.54. The number of nitrogens with one attached hydrogen (secondary N) is 2. The Labute approximate surface area is 201 Å². The van der Waals surface area contributed by atoms with Crippen molar-refractivity contribution in [2.75, 3.05) is 44.8 Å². The van der Waals surface area contributed by atoms with Gasteiger partial charge in [-0.25, -0.2) is 4.98 Å². The molecule has 0 bridgehead atoms. The second-order valence-electron chi connectivity index (χ2n) is 9.46. The molecule has 0 saturated heterocycles. The van der Waals surface area contributed by atoms with Crippen molar-refractivity contribution in [3.05, 3.63) is 48.0 Å². The van der Waals surface area contributed by atoms with Crippen molar-refractivity contribution in [3.63, 3.8) is 0 Å². The number of hydrogen-bond acceptors (Lipinski definition) is 7. The normalized spacial score (nSPS) is 19.3. The minimum absolute atomic E-state index is 0.255. The Morgan fingerprint density at radius 1 is 1.06 bits per heavy atom. The van der Waals surface area contributed by atoms with Gasteiger partial charge in [0, 0.05) is 43.8 Å². The molecule has 1 aromatic heterocycles. The molecule has 0 amide bonds. The zero-order valence-electron chi connectivity index (χ0n) is 20.3. The van der Waals surface area contributed by atoms with Gasteiger partial charge >= 0.3 is 0 Å². The van der Waals surface area contributed by atoms with E-state index in [1.165, 1.54) is 23.9 Å². The summed E-state index contributed by atoms with van der Waals surface area (Å²) in [6, 6.07) is 15.1. The fraction of sp³-hybridized carbons (Fsp3) is 0.444. The minimum atomic E-state index is 0.255. The number of pyridine rings is 1. The van der Waals surface area contributed by atoms with Crippen LogP contribution in [0.4, 0.5) is 11.5 Å². The molecule has 0 unspecified atom stereocenters. The molecule has 0 radical (unpaired) electrons. The zero-order valence-corrected chi connectivity index (χ0v) is 20.3. The quantitative estimate of drug-likeness (QED) is 0.498. The number of anilines is 2. The van der Waals surface area contributed by atoms with Gasteiger partial charge in [-0.2, -0.15) is 0 Å². The molecule has 2 aliphatic rings. The van der Waals surface area contributed by atoms with Gasteiger partial charge in [0.1, 0.15) is 5.82 Å². The van der Waals surface area contributed by atoms with Crippen LogP contribution in [-0.2, 0) is 6.54 Å². The number of methoxy groups -OCH3 is 1. The summed E-state index contributed by atoms with van der Waals surface area (Å²) in [5.74, 6) is 3.87. The molecule has 1 aliphatic carbocycles. The van der Waals surface area contributed by atoms with E-state index in [2.05, 4.69) is 60.0 Å². The van der Waals surface area contributed by atoms with E-state index < -0.39 is 0 Å². The fourth-order valence-corrected chi connectivity index (χ4v) is 5.03. The van der Waals surface area contributed by atoms with E-state index in [1.54, 1.807) is 7.11 Å². The van der Waals surface area contributed by atoms with Crippen LogP contribution in [0.15, 0.2) is 42.5 Å². The fourth-order valence-electron chi connectivity index (χ4n) is 5.03. The number of fused-ring (bicyclic) bond motifs is 2. The Morgan fingerprint density at radius 2 is 1.88 bits per heavy atom. The third-order valence-electron chi connectivity index (χ3n) is 6.86. The first-order valence-corrected chi connectivity index (χ1v) is 12.1. The lowest BCUT2D eigenvalue weighted by Gasteiger charge is -2.30. The first kappa shape index (κ1) is 22.6. The van der Waals surface area contributed by atoms with Crippen LogP contribution in [0.3, 0.4) is 0 Å². The van der Waals surface area contributed by atoms with Crippen LogP contribution < -0.4 is 29.7 Å². The highest BCUT2D eigenvalue weighted by Crippen LogP contribution is 2.41. The molecule has 0 spiro atoms. The first-order chi connectivity index (χ1) is 16.6. The number of aromatic nitrogens is 1. The van der Waals surface area contributed by atoms with Crippen molar-refractivity contribution in [1.82, 2.24) is 10.3 Å². The van der Waals surface area contributed by atoms with E-state index in [4.69, 9.17) is 19.2 Å². The van der Waals surface area contributed by atoms with E-state index in [9.17, 15) is 0 Å². The van der Waals surface area contributed by atoms with Crippen molar-refractivity contribution in [2.45, 2.75) is 38.3 Å². The molecule has 1 fully saturated rings. The maximum Gasteiger partial charge on any atom is 0.231 e. The van der Waals surface area contributed by atoms with Gasteiger partial charge in [-0.15, -0.1) is 0 Å². The van der Waals surface area contributed by atoms with Crippen LogP contribution in [0.25, 0.3) is 10.9 Å². The molecule has 2 aromatic carbocycles. The summed E-state index contributed by atoms with van der Waals surface area (Å²) >= 11 is 0. The summed E-state index contributed by atoms with van der Waals surface area (Å²) in [5, 5.41) is 8.53. The molecule has 0 atom stereocenters. The summed E-state index contributed by atoms with van der Waals surface area (Å²) in [4.78, 5) is 7.03. The number of rotatable bonds is 8. The second kappa shape index (κ2) is 9.97. The third-order valence-corrected chi connectivity index (χ3v) is 6.86. The number of nitrogens with zero attached hydrogens (tertiary/aromatic N) is 2. The molecule has 7 nitrogen and oxygen atoms in total. The monoisotopic (exact) mass is 462 g/mol. The SMILES string of the molecule is COc1cc(CNCC2CCC(Nc3cc(N(C)C)c4ccccc4n3)CC2)cc2c1OCO2. The predicted molar refractivity (Wildman–Crippen MR) is 136 cm³/mol. The predicted octanol–water partition coefficient (Wildman–Crippen LogP) is 4.80. The van der Waals surface area contributed by atoms with Gasteiger partial charge in [0.05, 0.1) is 12.6 Å². The molecule has 1 aliphatic heterocycles. The van der Waals surface area contributed by atoms with E-state index in [0.717, 1.165) is 54.3 Å². The van der Waals surface area contributed by atoms with Gasteiger partial charge in [0.15, 0.2) is 11.5 Å². The lowest BCUT2D eigenvalue weighted by atomic mass is 9.86. The molecule has 7 heteroatoms. The average molecular weight is 463 g/mol. The smallest absolute Gasteiger partial charge is 0.231 e. The van der Waals surface area contributed by atoms with Crippen molar-refractivity contribution < 1.29 is 14.2 Å². The summed E-state index contributed by atoms with van der Waals surface area (Å²) in [6.45, 7) is 2.06. The summed E-state index contributed by atoms with van der Waals surface area (Å²) < 4.78 is 16.5. The van der Waals surface area contributed by atoms with Crippen molar-refractivity contribution in [2.24, 2.45) is 5.92 Å². The van der Waals surface area contributed by atoms with Crippen LogP contribution in [0.5, 0.6) is 17.2 Å². The highest BCUT2D eigenvalue weighted by molar-refractivity contribution is 5.93. The van der Waals surface area contributed by atoms with Crippen molar-refractivity contribution in [3.8, 4) is 17.2 Å². The van der Waals surface area contributed by atoms with Crippen LogP contribution in [0.2, 0.25) is 0 Å². The number of benzene rings is 2. The van der Waals surface area contributed by atoms with Gasteiger partial charge in [-0.3, -0.25) is 0 Å². The highest BCUT2D eigenvalue weighted by Gasteiger charge is 2.23. The van der Waals surface area contributed by atoms with Gasteiger partial charge in [0.25, 0.3) is 0 Å². The molecular formula is C27H34N4O3. The third kappa shape index (κ3) is 4.85. The standard InChI is InChI=1S/C27H34N4O3/c1-31(2)23-14-26(30-22-7-5-4-6-21(22)23)29-20-10-8-18(9-11-20)15-28-16-19-12-24(32-3)27-25(13-19)33-17-34-27/h4-7,12-14,18,20,28H,8-11,15-17H2,1-3H3,(H,29,30). The molecule has 2 N–H and O–H groups in total. The summed E-state index contributed by atoms with van der Waals surface area (Å²) in [7, 11) is 5.84. The second-order valence-corrected chi connectivity index (χ2v) is 9.46. The Bertz CT molecular complexity index is 1140. The molecule has 180 valence electrons. The van der Waals surface area contributed by atoms with E-state index in [-0.39, 0.29) is 6.79 Å². The highest BCUT2D eigenvalue weighted by atomic mass is 16.7. The van der Waals surface area contributed by atoms with Crippen LogP contribution in [-0.4, -0.2) is 45.6 Å². The number of ether oxygens (including phenoxy) is 3. The average Bonchev–Trinajstić information content (AvgIpc) is 3.33. The Kier molecular flexibility index (Phi) is 6.63. The van der Waals surface area contributed by atoms with E-state index >= 15 is 0 Å². The summed E-state index contributed by atoms with van der Waals surface area (Å²) in [5.41, 5.74) is 3.39. The van der Waals surface area contributed by atoms with E-state index in [0.29, 0.717) is 17.7 Å². The summed E-state index contributed by atoms with van der Waals surface area (Å²) in [6.07, 6.45) is 4.75. The van der Waals surface area contributed by atoms with Gasteiger partial charge in [0.2, 0.25) is 12.5 Å². The van der Waals surface area contributed by atoms with Crippen molar-refractivity contribution in [1.29, 1.82) is 0 Å². The van der Waals surface area contributed by atoms with Gasteiger partial charge < -0.3 is 29.7 Å². The Morgan fingerprint density at radius 3 is 2.68 bits per heavy atom. The van der Waals surface area contributed by atoms with E-state index in [1.807, 2.05) is 12.1 Å². The topological polar surface area (TPSA) is 67.9 Å². The molecular weight excluding hydrogens is 428 g/mol. The minimum Gasteiger partial charge on any atom is -0.493 e. The molecule has 2 heterocycles. The zero-order chi connectivity index (χ0) is 23.5. The number of para-hydroxylation sites is 1. The van der Waals surface area contributed by atoms with Gasteiger partial charge in [-0.05, 0) is 61.9 Å². The number of hydrogen-bond donors (Lipinski definition) is 2.